The molecule has 0 saturated carbocycles. The van der Waals surface area contributed by atoms with Crippen LogP contribution in [0.2, 0.25) is 0 Å². The predicted molar refractivity (Wildman–Crippen MR) is 25.7 cm³/mol. The molecule has 0 bridgehead atoms. The third-order valence-electron chi connectivity index (χ3n) is 0. The van der Waals surface area contributed by atoms with E-state index in [2.05, 4.69) is 0 Å². The molecule has 2 nitrogen and oxygen atoms in total. The SMILES string of the molecule is O.O.[SbH3].[SnH2]. The molecule has 0 rings (SSSR count). The Morgan fingerprint density at radius 3 is 0.750 bits per heavy atom. The Kier molecular flexibility index (Phi) is 290. The van der Waals surface area contributed by atoms with Gasteiger partial charge in [-0.3, -0.25) is 0 Å². The molecule has 30 valence electrons. The Morgan fingerprint density at radius 1 is 0.750 bits per heavy atom. The van der Waals surface area contributed by atoms with Crippen molar-refractivity contribution in [2.24, 2.45) is 0 Å². The fourth-order valence-electron chi connectivity index (χ4n) is 0. The summed E-state index contributed by atoms with van der Waals surface area (Å²) in [7, 11) is 0. The molecule has 0 saturated heterocycles. The molecule has 2 radical (unpaired) electrons. The average molecular weight is 282 g/mol. The van der Waals surface area contributed by atoms with Crippen molar-refractivity contribution in [2.75, 3.05) is 0 Å². The zero-order valence-corrected chi connectivity index (χ0v) is 10.5. The fraction of sp³-hybridized carbons (Fsp3) is 0. The van der Waals surface area contributed by atoms with Crippen LogP contribution in [0.5, 0.6) is 0 Å². The molecular formula is H9O2SbSn. The van der Waals surface area contributed by atoms with Crippen LogP contribution in [0.4, 0.5) is 0 Å². The van der Waals surface area contributed by atoms with Crippen molar-refractivity contribution in [1.82, 2.24) is 0 Å². The van der Waals surface area contributed by atoms with Gasteiger partial charge in [0.25, 0.3) is 0 Å². The summed E-state index contributed by atoms with van der Waals surface area (Å²) in [6.07, 6.45) is 0. The first-order chi connectivity index (χ1) is 0. The van der Waals surface area contributed by atoms with Crippen LogP contribution in [0.15, 0.2) is 0 Å². The van der Waals surface area contributed by atoms with Gasteiger partial charge in [0.05, 0.1) is 0 Å². The molecule has 0 aliphatic rings. The monoisotopic (exact) mass is 282 g/mol. The Bertz CT molecular complexity index is 6.00. The summed E-state index contributed by atoms with van der Waals surface area (Å²) in [5.74, 6) is 0. The molecule has 0 aromatic carbocycles. The van der Waals surface area contributed by atoms with Crippen LogP contribution in [0.25, 0.3) is 0 Å². The van der Waals surface area contributed by atoms with E-state index in [4.69, 9.17) is 0 Å². The summed E-state index contributed by atoms with van der Waals surface area (Å²) in [4.78, 5) is 0. The van der Waals surface area contributed by atoms with Gasteiger partial charge in [-0.1, -0.05) is 0 Å². The second-order valence-electron chi connectivity index (χ2n) is 0. The topological polar surface area (TPSA) is 63.0 Å². The van der Waals surface area contributed by atoms with Crippen molar-refractivity contribution in [2.45, 2.75) is 0 Å². The van der Waals surface area contributed by atoms with Crippen LogP contribution in [0.3, 0.4) is 0 Å². The Hall–Kier alpha value is 1.54. The molecule has 4 heavy (non-hydrogen) atoms. The van der Waals surface area contributed by atoms with Gasteiger partial charge in [0.2, 0.25) is 0 Å². The standard InChI is InChI=1S/2H2O.Sb.Sn.5H/h2*1H2;;;;;;;. The summed E-state index contributed by atoms with van der Waals surface area (Å²) in [6, 6.07) is 0. The summed E-state index contributed by atoms with van der Waals surface area (Å²) < 4.78 is 0. The summed E-state index contributed by atoms with van der Waals surface area (Å²) >= 11 is 0. The minimum atomic E-state index is 0. The van der Waals surface area contributed by atoms with E-state index < -0.39 is 0 Å². The van der Waals surface area contributed by atoms with Crippen molar-refractivity contribution >= 4 is 48.3 Å². The van der Waals surface area contributed by atoms with Crippen molar-refractivity contribution < 1.29 is 11.0 Å². The molecular weight excluding hydrogens is 272 g/mol. The van der Waals surface area contributed by atoms with Crippen LogP contribution in [0, 0.1) is 0 Å². The molecule has 0 atom stereocenters. The first kappa shape index (κ1) is 48.3. The van der Waals surface area contributed by atoms with Crippen molar-refractivity contribution in [3.05, 3.63) is 0 Å². The third-order valence-corrected chi connectivity index (χ3v) is 0. The molecule has 4 N–H and O–H groups in total. The van der Waals surface area contributed by atoms with Gasteiger partial charge in [0.1, 0.15) is 0 Å². The third kappa shape index (κ3) is 9.64. The van der Waals surface area contributed by atoms with Crippen LogP contribution in [-0.2, 0) is 0 Å². The van der Waals surface area contributed by atoms with E-state index >= 15 is 0 Å². The minimum absolute atomic E-state index is 0. The van der Waals surface area contributed by atoms with Gasteiger partial charge in [-0.15, -0.1) is 0 Å². The average Bonchev–Trinajstić information content (AvgIpc) is 0. The zero-order valence-electron chi connectivity index (χ0n) is 2.41. The van der Waals surface area contributed by atoms with Gasteiger partial charge in [-0.25, -0.2) is 0 Å². The fourth-order valence-corrected chi connectivity index (χ4v) is 0. The molecule has 0 aromatic rings. The molecule has 0 aliphatic heterocycles. The van der Waals surface area contributed by atoms with E-state index in [0.717, 1.165) is 0 Å². The van der Waals surface area contributed by atoms with Gasteiger partial charge in [-0.2, -0.15) is 0 Å². The number of hydrogen-bond donors (Lipinski definition) is 0. The molecule has 0 fully saturated rings. The molecule has 0 spiro atoms. The first-order valence-electron chi connectivity index (χ1n) is 0. The normalized spacial score (nSPS) is 0. The first-order valence-corrected chi connectivity index (χ1v) is 0. The molecule has 0 aliphatic carbocycles. The second kappa shape index (κ2) is 24.0. The van der Waals surface area contributed by atoms with E-state index in [1.54, 1.807) is 0 Å². The predicted octanol–water partition coefficient (Wildman–Crippen LogP) is -3.75. The van der Waals surface area contributed by atoms with E-state index in [-0.39, 0.29) is 59.3 Å². The number of hydrogen-bond acceptors (Lipinski definition) is 0. The van der Waals surface area contributed by atoms with Crippen LogP contribution in [0.1, 0.15) is 0 Å². The molecule has 4 heteroatoms. The van der Waals surface area contributed by atoms with E-state index in [0.29, 0.717) is 0 Å². The second-order valence-corrected chi connectivity index (χ2v) is 0. The Morgan fingerprint density at radius 2 is 0.750 bits per heavy atom. The van der Waals surface area contributed by atoms with Gasteiger partial charge < -0.3 is 11.0 Å². The van der Waals surface area contributed by atoms with Gasteiger partial charge in [-0.05, 0) is 0 Å². The van der Waals surface area contributed by atoms with Crippen LogP contribution in [-0.4, -0.2) is 59.3 Å². The summed E-state index contributed by atoms with van der Waals surface area (Å²) in [5, 5.41) is 0. The summed E-state index contributed by atoms with van der Waals surface area (Å²) in [5.41, 5.74) is 0. The van der Waals surface area contributed by atoms with Crippen molar-refractivity contribution in [3.63, 3.8) is 0 Å². The molecule has 0 unspecified atom stereocenters. The van der Waals surface area contributed by atoms with Gasteiger partial charge in [0, 0.05) is 0 Å². The maximum atomic E-state index is 0. The van der Waals surface area contributed by atoms with Gasteiger partial charge in [0.15, 0.2) is 0 Å². The van der Waals surface area contributed by atoms with E-state index in [1.165, 1.54) is 0 Å². The number of rotatable bonds is 0. The van der Waals surface area contributed by atoms with Crippen molar-refractivity contribution in [1.29, 1.82) is 0 Å². The Labute approximate surface area is 59.0 Å². The van der Waals surface area contributed by atoms with Gasteiger partial charge >= 0.3 is 48.3 Å². The summed E-state index contributed by atoms with van der Waals surface area (Å²) in [6.45, 7) is 0. The van der Waals surface area contributed by atoms with E-state index in [1.807, 2.05) is 0 Å². The Balaban J connectivity index is 0. The molecule has 0 amide bonds. The van der Waals surface area contributed by atoms with E-state index in [9.17, 15) is 0 Å². The quantitative estimate of drug-likeness (QED) is 0.410. The molecule has 0 heterocycles. The maximum absolute atomic E-state index is 0. The zero-order chi connectivity index (χ0) is 0. The molecule has 0 aromatic heterocycles. The van der Waals surface area contributed by atoms with Crippen LogP contribution < -0.4 is 0 Å². The van der Waals surface area contributed by atoms with Crippen molar-refractivity contribution in [3.8, 4) is 0 Å². The van der Waals surface area contributed by atoms with Crippen LogP contribution >= 0.6 is 0 Å².